The molecule has 0 radical (unpaired) electrons. The molecule has 0 bridgehead atoms. The van der Waals surface area contributed by atoms with Crippen molar-refractivity contribution in [1.29, 1.82) is 0 Å². The number of carbonyl (C=O) groups is 1. The lowest BCUT2D eigenvalue weighted by Gasteiger charge is -2.09. The van der Waals surface area contributed by atoms with Crippen molar-refractivity contribution in [3.8, 4) is 21.8 Å². The second-order valence-corrected chi connectivity index (χ2v) is 11.6. The summed E-state index contributed by atoms with van der Waals surface area (Å²) in [4.78, 5) is 21.9. The Hall–Kier alpha value is -2.42. The van der Waals surface area contributed by atoms with E-state index in [0.29, 0.717) is 34.3 Å². The van der Waals surface area contributed by atoms with Gasteiger partial charge in [0.1, 0.15) is 25.5 Å². The molecule has 0 spiro atoms. The van der Waals surface area contributed by atoms with E-state index >= 15 is 0 Å². The molecule has 4 aromatic rings. The van der Waals surface area contributed by atoms with Crippen LogP contribution in [0.15, 0.2) is 46.1 Å². The van der Waals surface area contributed by atoms with E-state index in [-0.39, 0.29) is 0 Å². The third-order valence-corrected chi connectivity index (χ3v) is 9.31. The summed E-state index contributed by atoms with van der Waals surface area (Å²) in [5, 5.41) is 3.62. The fourth-order valence-electron chi connectivity index (χ4n) is 3.77. The van der Waals surface area contributed by atoms with Gasteiger partial charge in [-0.2, -0.15) is 0 Å². The van der Waals surface area contributed by atoms with E-state index in [1.807, 2.05) is 25.3 Å². The lowest BCUT2D eigenvalue weighted by molar-refractivity contribution is -0.119. The average molecular weight is 498 g/mol. The van der Waals surface area contributed by atoms with E-state index in [1.165, 1.54) is 22.7 Å². The first kappa shape index (κ1) is 23.7. The predicted molar refractivity (Wildman–Crippen MR) is 140 cm³/mol. The quantitative estimate of drug-likeness (QED) is 0.271. The highest BCUT2D eigenvalue weighted by molar-refractivity contribution is 7.87. The number of benzene rings is 1. The molecule has 0 saturated heterocycles. The van der Waals surface area contributed by atoms with Gasteiger partial charge in [-0.25, -0.2) is 9.97 Å². The van der Waals surface area contributed by atoms with Crippen LogP contribution < -0.4 is 5.73 Å². The number of aromatic nitrogens is 2. The number of rotatable bonds is 10. The molecule has 3 aromatic heterocycles. The Morgan fingerprint density at radius 1 is 1.12 bits per heavy atom. The fourth-order valence-corrected chi connectivity index (χ4v) is 6.99. The molecule has 8 heteroatoms. The van der Waals surface area contributed by atoms with Gasteiger partial charge in [0.05, 0.1) is 16.5 Å². The number of anilines is 1. The van der Waals surface area contributed by atoms with Crippen LogP contribution >= 0.6 is 22.7 Å². The maximum atomic E-state index is 12.8. The summed E-state index contributed by atoms with van der Waals surface area (Å²) in [5.74, 6) is 0.890. The molecule has 1 aromatic carbocycles. The Morgan fingerprint density at radius 3 is 2.58 bits per heavy atom. The number of nitrogens with zero attached hydrogens (tertiary/aromatic N) is 2. The van der Waals surface area contributed by atoms with E-state index < -0.39 is 10.8 Å². The number of Topliss-reactive ketones (excluding diaryl/α,β-unsaturated/α-hetero) is 1. The third kappa shape index (κ3) is 5.23. The second-order valence-electron chi connectivity index (χ2n) is 7.91. The molecule has 33 heavy (non-hydrogen) atoms. The summed E-state index contributed by atoms with van der Waals surface area (Å²) in [5.41, 5.74) is 11.0. The zero-order chi connectivity index (χ0) is 23.4. The first-order valence-corrected chi connectivity index (χ1v) is 14.2. The molecule has 1 unspecified atom stereocenters. The van der Waals surface area contributed by atoms with Gasteiger partial charge in [0.2, 0.25) is 0 Å². The Labute approximate surface area is 204 Å². The Kier molecular flexibility index (Phi) is 7.67. The topological polar surface area (TPSA) is 85.9 Å². The van der Waals surface area contributed by atoms with Crippen LogP contribution in [0, 0.1) is 0 Å². The molecule has 1 atom stereocenters. The zero-order valence-electron chi connectivity index (χ0n) is 18.8. The molecular formula is C25H27N3O2S3. The van der Waals surface area contributed by atoms with Gasteiger partial charge in [-0.1, -0.05) is 38.1 Å². The van der Waals surface area contributed by atoms with Crippen molar-refractivity contribution in [2.24, 2.45) is 0 Å². The summed E-state index contributed by atoms with van der Waals surface area (Å²) < 4.78 is 13.5. The van der Waals surface area contributed by atoms with Crippen LogP contribution in [-0.4, -0.2) is 25.7 Å². The molecular weight excluding hydrogens is 470 g/mol. The number of fused-ring (bicyclic) bond motifs is 1. The molecule has 0 aliphatic rings. The van der Waals surface area contributed by atoms with Crippen LogP contribution in [0.5, 0.6) is 0 Å². The van der Waals surface area contributed by atoms with E-state index in [0.717, 1.165) is 56.9 Å². The number of aryl methyl sites for hydroxylation is 1. The van der Waals surface area contributed by atoms with Crippen LogP contribution in [-0.2, 0) is 22.0 Å². The average Bonchev–Trinajstić information content (AvgIpc) is 3.46. The van der Waals surface area contributed by atoms with Crippen molar-refractivity contribution in [3.63, 3.8) is 0 Å². The molecule has 0 aliphatic carbocycles. The first-order valence-electron chi connectivity index (χ1n) is 11.1. The van der Waals surface area contributed by atoms with Crippen LogP contribution in [0.25, 0.3) is 32.0 Å². The van der Waals surface area contributed by atoms with Crippen molar-refractivity contribution < 1.29 is 9.00 Å². The second kappa shape index (κ2) is 10.7. The molecule has 2 N–H and O–H groups in total. The highest BCUT2D eigenvalue weighted by Gasteiger charge is 2.21. The Balaban J connectivity index is 1.76. The van der Waals surface area contributed by atoms with E-state index in [9.17, 15) is 9.00 Å². The standard InChI is InChI=1S/C25H27N3O2S3/c1-3-5-18(29)11-8-16-6-9-17(10-7-16)19-15-20(23-27-12-13-31-23)28-24-21(19)22(26)25(32-24)33(30)14-4-2/h6-7,9-10,12-13,15H,3-5,8,11,14,26H2,1-2H3. The summed E-state index contributed by atoms with van der Waals surface area (Å²) in [6.45, 7) is 4.05. The van der Waals surface area contributed by atoms with Gasteiger partial charge >= 0.3 is 0 Å². The number of thiophene rings is 1. The summed E-state index contributed by atoms with van der Waals surface area (Å²) in [6, 6.07) is 10.3. The SMILES string of the molecule is CCCC(=O)CCc1ccc(-c2cc(-c3nccs3)nc3sc(S(=O)CCC)c(N)c23)cc1. The van der Waals surface area contributed by atoms with Crippen molar-refractivity contribution >= 4 is 55.2 Å². The maximum absolute atomic E-state index is 12.8. The summed E-state index contributed by atoms with van der Waals surface area (Å²) >= 11 is 2.95. The van der Waals surface area contributed by atoms with Gasteiger partial charge in [-0.3, -0.25) is 9.00 Å². The maximum Gasteiger partial charge on any atom is 0.141 e. The van der Waals surface area contributed by atoms with Gasteiger partial charge in [-0.05, 0) is 42.0 Å². The van der Waals surface area contributed by atoms with Gasteiger partial charge in [0.25, 0.3) is 0 Å². The lowest BCUT2D eigenvalue weighted by Crippen LogP contribution is -1.99. The first-order chi connectivity index (χ1) is 16.0. The predicted octanol–water partition coefficient (Wildman–Crippen LogP) is 6.49. The van der Waals surface area contributed by atoms with Gasteiger partial charge < -0.3 is 5.73 Å². The number of hydrogen-bond acceptors (Lipinski definition) is 7. The van der Waals surface area contributed by atoms with Crippen molar-refractivity contribution in [2.75, 3.05) is 11.5 Å². The molecule has 0 saturated carbocycles. The molecule has 4 rings (SSSR count). The van der Waals surface area contributed by atoms with Crippen LogP contribution in [0.1, 0.15) is 45.1 Å². The number of hydrogen-bond donors (Lipinski definition) is 1. The number of carbonyl (C=O) groups excluding carboxylic acids is 1. The number of nitrogens with two attached hydrogens (primary N) is 1. The number of ketones is 1. The molecule has 0 amide bonds. The smallest absolute Gasteiger partial charge is 0.141 e. The summed E-state index contributed by atoms with van der Waals surface area (Å²) in [7, 11) is -1.14. The van der Waals surface area contributed by atoms with Crippen molar-refractivity contribution in [1.82, 2.24) is 9.97 Å². The summed E-state index contributed by atoms with van der Waals surface area (Å²) in [6.07, 6.45) is 5.45. The van der Waals surface area contributed by atoms with E-state index in [4.69, 9.17) is 10.7 Å². The normalized spacial score (nSPS) is 12.3. The highest BCUT2D eigenvalue weighted by atomic mass is 32.2. The molecule has 172 valence electrons. The zero-order valence-corrected chi connectivity index (χ0v) is 21.2. The van der Waals surface area contributed by atoms with Crippen molar-refractivity contribution in [2.45, 2.75) is 50.2 Å². The Morgan fingerprint density at radius 2 is 1.91 bits per heavy atom. The molecule has 5 nitrogen and oxygen atoms in total. The largest absolute Gasteiger partial charge is 0.396 e. The van der Waals surface area contributed by atoms with Crippen LogP contribution in [0.4, 0.5) is 5.69 Å². The van der Waals surface area contributed by atoms with Gasteiger partial charge in [0.15, 0.2) is 0 Å². The number of nitrogen functional groups attached to an aromatic ring is 1. The third-order valence-electron chi connectivity index (χ3n) is 5.40. The highest BCUT2D eigenvalue weighted by Crippen LogP contribution is 2.43. The van der Waals surface area contributed by atoms with E-state index in [1.54, 1.807) is 6.20 Å². The molecule has 3 heterocycles. The monoisotopic (exact) mass is 497 g/mol. The number of pyridine rings is 1. The van der Waals surface area contributed by atoms with Crippen LogP contribution in [0.2, 0.25) is 0 Å². The minimum absolute atomic E-state index is 0.309. The number of thiazole rings is 1. The minimum Gasteiger partial charge on any atom is -0.396 e. The van der Waals surface area contributed by atoms with Gasteiger partial charge in [0, 0.05) is 35.6 Å². The minimum atomic E-state index is -1.14. The molecule has 0 aliphatic heterocycles. The fraction of sp³-hybridized carbons (Fsp3) is 0.320. The van der Waals surface area contributed by atoms with E-state index in [2.05, 4.69) is 29.2 Å². The molecule has 0 fully saturated rings. The van der Waals surface area contributed by atoms with Crippen LogP contribution in [0.3, 0.4) is 0 Å². The van der Waals surface area contributed by atoms with Crippen molar-refractivity contribution in [3.05, 3.63) is 47.5 Å². The van der Waals surface area contributed by atoms with Gasteiger partial charge in [-0.15, -0.1) is 22.7 Å². The Bertz CT molecular complexity index is 1280. The lowest BCUT2D eigenvalue weighted by atomic mass is 9.98.